The Morgan fingerprint density at radius 1 is 1.27 bits per heavy atom. The lowest BCUT2D eigenvalue weighted by Gasteiger charge is -2.30. The van der Waals surface area contributed by atoms with Gasteiger partial charge in [-0.15, -0.1) is 5.10 Å². The minimum absolute atomic E-state index is 0.0790. The van der Waals surface area contributed by atoms with E-state index in [0.29, 0.717) is 25.4 Å². The monoisotopic (exact) mass is 409 g/mol. The van der Waals surface area contributed by atoms with E-state index in [0.717, 1.165) is 41.7 Å². The van der Waals surface area contributed by atoms with Crippen molar-refractivity contribution in [3.8, 4) is 0 Å². The van der Waals surface area contributed by atoms with Gasteiger partial charge in [0.2, 0.25) is 5.91 Å². The number of aromatic nitrogens is 4. The number of carbonyl (C=O) groups excluding carboxylic acids is 1. The van der Waals surface area contributed by atoms with Crippen molar-refractivity contribution in [3.63, 3.8) is 0 Å². The number of nitrogens with zero attached hydrogens (tertiary/aromatic N) is 4. The first-order valence-electron chi connectivity index (χ1n) is 10.8. The molecule has 4 N–H and O–H groups in total. The highest BCUT2D eigenvalue weighted by atomic mass is 16.2. The number of hydrogen-bond acceptors (Lipinski definition) is 5. The highest BCUT2D eigenvalue weighted by molar-refractivity contribution is 5.85. The minimum atomic E-state index is -0.451. The number of aromatic amines is 1. The predicted molar refractivity (Wildman–Crippen MR) is 117 cm³/mol. The van der Waals surface area contributed by atoms with Crippen LogP contribution >= 0.6 is 0 Å². The molecule has 0 radical (unpaired) electrons. The Morgan fingerprint density at radius 3 is 2.80 bits per heavy atom. The number of carbonyl (C=O) groups is 1. The third kappa shape index (κ3) is 4.11. The number of fused-ring (bicyclic) bond motifs is 1. The largest absolute Gasteiger partial charge is 0.361 e. The van der Waals surface area contributed by atoms with E-state index in [1.165, 1.54) is 0 Å². The van der Waals surface area contributed by atoms with Crippen LogP contribution < -0.4 is 11.1 Å². The molecule has 1 aliphatic heterocycles. The molecule has 1 saturated heterocycles. The van der Waals surface area contributed by atoms with E-state index >= 15 is 0 Å². The van der Waals surface area contributed by atoms with Gasteiger partial charge in [0.1, 0.15) is 6.04 Å². The van der Waals surface area contributed by atoms with E-state index in [9.17, 15) is 4.79 Å². The Hall–Kier alpha value is -2.71. The van der Waals surface area contributed by atoms with E-state index < -0.39 is 6.04 Å². The van der Waals surface area contributed by atoms with Crippen LogP contribution in [0.3, 0.4) is 0 Å². The lowest BCUT2D eigenvalue weighted by Crippen LogP contribution is -2.49. The van der Waals surface area contributed by atoms with Crippen molar-refractivity contribution in [3.05, 3.63) is 47.9 Å². The fourth-order valence-corrected chi connectivity index (χ4v) is 4.04. The molecule has 30 heavy (non-hydrogen) atoms. The first kappa shape index (κ1) is 20.6. The zero-order valence-corrected chi connectivity index (χ0v) is 17.7. The lowest BCUT2D eigenvalue weighted by molar-refractivity contribution is -0.135. The van der Waals surface area contributed by atoms with Crippen LogP contribution in [-0.2, 0) is 11.2 Å². The number of amides is 1. The molecule has 160 valence electrons. The number of benzene rings is 1. The second-order valence-electron chi connectivity index (χ2n) is 8.19. The maximum atomic E-state index is 13.5. The summed E-state index contributed by atoms with van der Waals surface area (Å²) in [4.78, 5) is 18.7. The van der Waals surface area contributed by atoms with Crippen LogP contribution in [0.25, 0.3) is 10.9 Å². The summed E-state index contributed by atoms with van der Waals surface area (Å²) < 4.78 is 1.71. The average molecular weight is 410 g/mol. The standard InChI is InChI=1S/C22H31N7O/c1-3-15(2)21(23)19-14-29(27-26-19)20(22(30)28-10-8-24-9-11-28)12-16-13-25-18-7-5-4-6-17(16)18/h4-7,13-15,20-21,24-25H,3,8-12,23H2,1-2H3. The third-order valence-corrected chi connectivity index (χ3v) is 6.25. The third-order valence-electron chi connectivity index (χ3n) is 6.25. The van der Waals surface area contributed by atoms with Crippen molar-refractivity contribution in [2.24, 2.45) is 11.7 Å². The maximum absolute atomic E-state index is 13.5. The Morgan fingerprint density at radius 2 is 2.03 bits per heavy atom. The smallest absolute Gasteiger partial charge is 0.247 e. The van der Waals surface area contributed by atoms with E-state index in [2.05, 4.69) is 40.5 Å². The summed E-state index contributed by atoms with van der Waals surface area (Å²) in [7, 11) is 0. The molecule has 8 heteroatoms. The Kier molecular flexibility index (Phi) is 6.15. The molecular weight excluding hydrogens is 378 g/mol. The maximum Gasteiger partial charge on any atom is 0.247 e. The summed E-state index contributed by atoms with van der Waals surface area (Å²) in [5.74, 6) is 0.376. The summed E-state index contributed by atoms with van der Waals surface area (Å²) in [5, 5.41) is 13.1. The zero-order valence-electron chi connectivity index (χ0n) is 17.7. The molecule has 3 atom stereocenters. The zero-order chi connectivity index (χ0) is 21.1. The minimum Gasteiger partial charge on any atom is -0.361 e. The quantitative estimate of drug-likeness (QED) is 0.554. The van der Waals surface area contributed by atoms with Crippen LogP contribution in [-0.4, -0.2) is 57.0 Å². The number of rotatable bonds is 7. The van der Waals surface area contributed by atoms with Crippen molar-refractivity contribution in [1.29, 1.82) is 0 Å². The molecule has 4 rings (SSSR count). The van der Waals surface area contributed by atoms with Gasteiger partial charge in [-0.25, -0.2) is 4.68 Å². The topological polar surface area (TPSA) is 105 Å². The number of H-pyrrole nitrogens is 1. The predicted octanol–water partition coefficient (Wildman–Crippen LogP) is 2.02. The van der Waals surface area contributed by atoms with Crippen LogP contribution in [0, 0.1) is 5.92 Å². The molecule has 3 unspecified atom stereocenters. The summed E-state index contributed by atoms with van der Waals surface area (Å²) in [5.41, 5.74) is 9.27. The van der Waals surface area contributed by atoms with Crippen LogP contribution in [0.5, 0.6) is 0 Å². The highest BCUT2D eigenvalue weighted by Gasteiger charge is 2.30. The van der Waals surface area contributed by atoms with Gasteiger partial charge in [0.05, 0.1) is 17.9 Å². The van der Waals surface area contributed by atoms with Gasteiger partial charge in [0.15, 0.2) is 0 Å². The fraction of sp³-hybridized carbons (Fsp3) is 0.500. The van der Waals surface area contributed by atoms with Crippen molar-refractivity contribution >= 4 is 16.8 Å². The summed E-state index contributed by atoms with van der Waals surface area (Å²) in [6.45, 7) is 7.26. The van der Waals surface area contributed by atoms with Gasteiger partial charge in [0, 0.05) is 49.7 Å². The van der Waals surface area contributed by atoms with Crippen molar-refractivity contribution in [2.75, 3.05) is 26.2 Å². The molecular formula is C22H31N7O. The molecule has 8 nitrogen and oxygen atoms in total. The number of para-hydroxylation sites is 1. The SMILES string of the molecule is CCC(C)C(N)c1cn(C(Cc2c[nH]c3ccccc23)C(=O)N2CCNCC2)nn1. The van der Waals surface area contributed by atoms with Crippen molar-refractivity contribution < 1.29 is 4.79 Å². The van der Waals surface area contributed by atoms with Crippen LogP contribution in [0.15, 0.2) is 36.7 Å². The molecule has 1 aliphatic rings. The second kappa shape index (κ2) is 8.97. The van der Waals surface area contributed by atoms with E-state index in [-0.39, 0.29) is 11.9 Å². The number of piperazine rings is 1. The molecule has 1 amide bonds. The van der Waals surface area contributed by atoms with Gasteiger partial charge >= 0.3 is 0 Å². The Balaban J connectivity index is 1.65. The van der Waals surface area contributed by atoms with Gasteiger partial charge in [-0.2, -0.15) is 0 Å². The molecule has 1 aromatic carbocycles. The van der Waals surface area contributed by atoms with E-state index in [1.807, 2.05) is 35.5 Å². The van der Waals surface area contributed by atoms with Gasteiger partial charge in [-0.05, 0) is 17.5 Å². The number of nitrogens with one attached hydrogen (secondary N) is 2. The van der Waals surface area contributed by atoms with E-state index in [1.54, 1.807) is 4.68 Å². The highest BCUT2D eigenvalue weighted by Crippen LogP contribution is 2.26. The Labute approximate surface area is 176 Å². The summed E-state index contributed by atoms with van der Waals surface area (Å²) in [6, 6.07) is 7.51. The number of hydrogen-bond donors (Lipinski definition) is 3. The molecule has 0 aliphatic carbocycles. The van der Waals surface area contributed by atoms with Gasteiger partial charge < -0.3 is 20.9 Å². The fourth-order valence-electron chi connectivity index (χ4n) is 4.04. The molecule has 3 heterocycles. The molecule has 0 spiro atoms. The van der Waals surface area contributed by atoms with Crippen LogP contribution in [0.1, 0.15) is 43.6 Å². The van der Waals surface area contributed by atoms with Crippen molar-refractivity contribution in [2.45, 2.75) is 38.8 Å². The molecule has 1 fully saturated rings. The van der Waals surface area contributed by atoms with Crippen LogP contribution in [0.4, 0.5) is 0 Å². The van der Waals surface area contributed by atoms with Crippen LogP contribution in [0.2, 0.25) is 0 Å². The summed E-state index contributed by atoms with van der Waals surface area (Å²) in [6.07, 6.45) is 5.36. The number of nitrogens with two attached hydrogens (primary N) is 1. The lowest BCUT2D eigenvalue weighted by atomic mass is 9.98. The first-order chi connectivity index (χ1) is 14.6. The Bertz CT molecular complexity index is 988. The molecule has 2 aromatic heterocycles. The van der Waals surface area contributed by atoms with Gasteiger partial charge in [-0.3, -0.25) is 4.79 Å². The van der Waals surface area contributed by atoms with Gasteiger partial charge in [0.25, 0.3) is 0 Å². The average Bonchev–Trinajstić information content (AvgIpc) is 3.44. The second-order valence-corrected chi connectivity index (χ2v) is 8.19. The molecule has 0 saturated carbocycles. The van der Waals surface area contributed by atoms with Gasteiger partial charge in [-0.1, -0.05) is 43.7 Å². The molecule has 3 aromatic rings. The van der Waals surface area contributed by atoms with E-state index in [4.69, 9.17) is 5.73 Å². The molecule has 0 bridgehead atoms. The normalized spacial score (nSPS) is 17.8. The summed E-state index contributed by atoms with van der Waals surface area (Å²) >= 11 is 0. The van der Waals surface area contributed by atoms with Crippen molar-refractivity contribution in [1.82, 2.24) is 30.2 Å². The first-order valence-corrected chi connectivity index (χ1v) is 10.8.